The number of hydrogen-bond donors (Lipinski definition) is 2. The Morgan fingerprint density at radius 3 is 2.90 bits per heavy atom. The van der Waals surface area contributed by atoms with Crippen molar-refractivity contribution in [3.63, 3.8) is 0 Å². The highest BCUT2D eigenvalue weighted by molar-refractivity contribution is 6.30. The van der Waals surface area contributed by atoms with E-state index in [9.17, 15) is 14.7 Å². The molecule has 6 heteroatoms. The van der Waals surface area contributed by atoms with Crippen LogP contribution in [0.5, 0.6) is 0 Å². The standard InChI is InChI=1S/C15H19ClN2O3/c1-10-5-6-18(9-13(10)19)14(20)8-17-15(21)11-3-2-4-12(16)7-11/h2-4,7,10,13,19H,5-6,8-9H2,1H3,(H,17,21). The first kappa shape index (κ1) is 15.8. The van der Waals surface area contributed by atoms with Crippen LogP contribution in [0.4, 0.5) is 0 Å². The lowest BCUT2D eigenvalue weighted by atomic mass is 9.96. The van der Waals surface area contributed by atoms with Gasteiger partial charge in [-0.25, -0.2) is 0 Å². The molecule has 1 aromatic carbocycles. The third kappa shape index (κ3) is 4.19. The van der Waals surface area contributed by atoms with Crippen LogP contribution in [-0.4, -0.2) is 47.6 Å². The van der Waals surface area contributed by atoms with Crippen LogP contribution < -0.4 is 5.32 Å². The van der Waals surface area contributed by atoms with Gasteiger partial charge in [-0.05, 0) is 30.5 Å². The van der Waals surface area contributed by atoms with E-state index in [4.69, 9.17) is 11.6 Å². The molecule has 2 rings (SSSR count). The molecule has 2 unspecified atom stereocenters. The van der Waals surface area contributed by atoms with E-state index in [0.29, 0.717) is 23.7 Å². The molecule has 1 aliphatic rings. The van der Waals surface area contributed by atoms with Crippen molar-refractivity contribution >= 4 is 23.4 Å². The molecule has 1 heterocycles. The van der Waals surface area contributed by atoms with E-state index in [0.717, 1.165) is 6.42 Å². The Kier molecular flexibility index (Phi) is 5.20. The van der Waals surface area contributed by atoms with Gasteiger partial charge in [0.25, 0.3) is 5.91 Å². The SMILES string of the molecule is CC1CCN(C(=O)CNC(=O)c2cccc(Cl)c2)CC1O. The lowest BCUT2D eigenvalue weighted by molar-refractivity contribution is -0.134. The number of benzene rings is 1. The third-order valence-corrected chi connectivity index (χ3v) is 3.99. The summed E-state index contributed by atoms with van der Waals surface area (Å²) in [6.07, 6.45) is 0.279. The van der Waals surface area contributed by atoms with E-state index in [2.05, 4.69) is 5.32 Å². The first-order valence-corrected chi connectivity index (χ1v) is 7.35. The van der Waals surface area contributed by atoms with Crippen LogP contribution >= 0.6 is 11.6 Å². The van der Waals surface area contributed by atoms with Crippen LogP contribution in [0.25, 0.3) is 0 Å². The molecule has 5 nitrogen and oxygen atoms in total. The van der Waals surface area contributed by atoms with Crippen LogP contribution in [-0.2, 0) is 4.79 Å². The summed E-state index contributed by atoms with van der Waals surface area (Å²) in [6, 6.07) is 6.55. The smallest absolute Gasteiger partial charge is 0.251 e. The molecule has 0 spiro atoms. The lowest BCUT2D eigenvalue weighted by Gasteiger charge is -2.34. The topological polar surface area (TPSA) is 69.6 Å². The highest BCUT2D eigenvalue weighted by Crippen LogP contribution is 2.16. The molecule has 2 N–H and O–H groups in total. The Hall–Kier alpha value is -1.59. The fourth-order valence-electron chi connectivity index (χ4n) is 2.27. The number of carbonyl (C=O) groups excluding carboxylic acids is 2. The zero-order valence-electron chi connectivity index (χ0n) is 11.9. The molecule has 0 bridgehead atoms. The van der Waals surface area contributed by atoms with Crippen molar-refractivity contribution in [3.8, 4) is 0 Å². The van der Waals surface area contributed by atoms with Gasteiger partial charge in [0.2, 0.25) is 5.91 Å². The third-order valence-electron chi connectivity index (χ3n) is 3.76. The van der Waals surface area contributed by atoms with Crippen molar-refractivity contribution in [2.45, 2.75) is 19.4 Å². The van der Waals surface area contributed by atoms with Gasteiger partial charge in [-0.3, -0.25) is 9.59 Å². The number of hydrogen-bond acceptors (Lipinski definition) is 3. The predicted octanol–water partition coefficient (Wildman–Crippen LogP) is 1.30. The molecule has 1 aromatic rings. The van der Waals surface area contributed by atoms with E-state index in [1.54, 1.807) is 29.2 Å². The minimum Gasteiger partial charge on any atom is -0.391 e. The van der Waals surface area contributed by atoms with Crippen molar-refractivity contribution < 1.29 is 14.7 Å². The van der Waals surface area contributed by atoms with Crippen LogP contribution in [0.2, 0.25) is 5.02 Å². The van der Waals surface area contributed by atoms with Gasteiger partial charge in [-0.15, -0.1) is 0 Å². The van der Waals surface area contributed by atoms with E-state index in [1.165, 1.54) is 0 Å². The van der Waals surface area contributed by atoms with Crippen LogP contribution in [0, 0.1) is 5.92 Å². The van der Waals surface area contributed by atoms with E-state index >= 15 is 0 Å². The minimum atomic E-state index is -0.494. The maximum Gasteiger partial charge on any atom is 0.251 e. The normalized spacial score (nSPS) is 22.0. The number of aliphatic hydroxyl groups excluding tert-OH is 1. The fourth-order valence-corrected chi connectivity index (χ4v) is 2.47. The van der Waals surface area contributed by atoms with Crippen LogP contribution in [0.1, 0.15) is 23.7 Å². The number of aliphatic hydroxyl groups is 1. The van der Waals surface area contributed by atoms with Gasteiger partial charge in [0, 0.05) is 23.7 Å². The van der Waals surface area contributed by atoms with E-state index in [1.807, 2.05) is 6.92 Å². The average Bonchev–Trinajstić information content (AvgIpc) is 2.47. The van der Waals surface area contributed by atoms with Gasteiger partial charge < -0.3 is 15.3 Å². The molecule has 0 aliphatic carbocycles. The van der Waals surface area contributed by atoms with E-state index in [-0.39, 0.29) is 24.3 Å². The number of likely N-dealkylation sites (tertiary alicyclic amines) is 1. The quantitative estimate of drug-likeness (QED) is 0.884. The van der Waals surface area contributed by atoms with Crippen LogP contribution in [0.3, 0.4) is 0 Å². The summed E-state index contributed by atoms with van der Waals surface area (Å²) in [5.41, 5.74) is 0.419. The Labute approximate surface area is 128 Å². The van der Waals surface area contributed by atoms with Crippen molar-refractivity contribution in [2.75, 3.05) is 19.6 Å². The number of piperidine rings is 1. The molecule has 114 valence electrons. The van der Waals surface area contributed by atoms with Gasteiger partial charge in [0.15, 0.2) is 0 Å². The number of rotatable bonds is 3. The van der Waals surface area contributed by atoms with Gasteiger partial charge >= 0.3 is 0 Å². The Bertz CT molecular complexity index is 535. The maximum atomic E-state index is 12.0. The van der Waals surface area contributed by atoms with Gasteiger partial charge in [-0.2, -0.15) is 0 Å². The van der Waals surface area contributed by atoms with Crippen molar-refractivity contribution in [2.24, 2.45) is 5.92 Å². The van der Waals surface area contributed by atoms with Crippen molar-refractivity contribution in [1.29, 1.82) is 0 Å². The summed E-state index contributed by atoms with van der Waals surface area (Å²) >= 11 is 5.82. The summed E-state index contributed by atoms with van der Waals surface area (Å²) < 4.78 is 0. The molecule has 1 fully saturated rings. The number of carbonyl (C=O) groups is 2. The molecule has 1 saturated heterocycles. The molecule has 1 aliphatic heterocycles. The molecular formula is C15H19ClN2O3. The molecular weight excluding hydrogens is 292 g/mol. The molecule has 0 aromatic heterocycles. The second kappa shape index (κ2) is 6.91. The summed E-state index contributed by atoms with van der Waals surface area (Å²) in [4.78, 5) is 25.5. The highest BCUT2D eigenvalue weighted by Gasteiger charge is 2.27. The summed E-state index contributed by atoms with van der Waals surface area (Å²) in [5.74, 6) is -0.316. The predicted molar refractivity (Wildman–Crippen MR) is 80.2 cm³/mol. The summed E-state index contributed by atoms with van der Waals surface area (Å²) in [6.45, 7) is 2.83. The Morgan fingerprint density at radius 2 is 2.24 bits per heavy atom. The molecule has 0 saturated carbocycles. The first-order valence-electron chi connectivity index (χ1n) is 6.97. The molecule has 0 radical (unpaired) electrons. The number of nitrogens with zero attached hydrogens (tertiary/aromatic N) is 1. The number of amides is 2. The molecule has 2 amide bonds. The number of nitrogens with one attached hydrogen (secondary N) is 1. The molecule has 21 heavy (non-hydrogen) atoms. The summed E-state index contributed by atoms with van der Waals surface area (Å²) in [7, 11) is 0. The second-order valence-electron chi connectivity index (χ2n) is 5.37. The van der Waals surface area contributed by atoms with Gasteiger partial charge in [-0.1, -0.05) is 24.6 Å². The zero-order valence-corrected chi connectivity index (χ0v) is 12.6. The monoisotopic (exact) mass is 310 g/mol. The van der Waals surface area contributed by atoms with E-state index < -0.39 is 6.10 Å². The minimum absolute atomic E-state index is 0.0769. The lowest BCUT2D eigenvalue weighted by Crippen LogP contribution is -2.49. The Morgan fingerprint density at radius 1 is 1.48 bits per heavy atom. The van der Waals surface area contributed by atoms with Crippen molar-refractivity contribution in [3.05, 3.63) is 34.9 Å². The van der Waals surface area contributed by atoms with Crippen LogP contribution in [0.15, 0.2) is 24.3 Å². The first-order chi connectivity index (χ1) is 9.97. The number of β-amino-alcohol motifs (C(OH)–C–C–N with tert-alkyl or cyclic N) is 1. The Balaban J connectivity index is 1.85. The highest BCUT2D eigenvalue weighted by atomic mass is 35.5. The van der Waals surface area contributed by atoms with Gasteiger partial charge in [0.1, 0.15) is 0 Å². The maximum absolute atomic E-state index is 12.0. The van der Waals surface area contributed by atoms with Crippen molar-refractivity contribution in [1.82, 2.24) is 10.2 Å². The second-order valence-corrected chi connectivity index (χ2v) is 5.80. The fraction of sp³-hybridized carbons (Fsp3) is 0.467. The van der Waals surface area contributed by atoms with Gasteiger partial charge in [0.05, 0.1) is 12.6 Å². The summed E-state index contributed by atoms with van der Waals surface area (Å²) in [5, 5.41) is 12.8. The number of halogens is 1. The zero-order chi connectivity index (χ0) is 15.4. The molecule has 2 atom stereocenters. The average molecular weight is 311 g/mol. The largest absolute Gasteiger partial charge is 0.391 e.